The van der Waals surface area contributed by atoms with Crippen molar-refractivity contribution in [1.29, 1.82) is 0 Å². The third kappa shape index (κ3) is 2.18. The van der Waals surface area contributed by atoms with E-state index < -0.39 is 0 Å². The van der Waals surface area contributed by atoms with E-state index >= 15 is 0 Å². The molecule has 0 aliphatic carbocycles. The Hall–Kier alpha value is -1.05. The van der Waals surface area contributed by atoms with Gasteiger partial charge < -0.3 is 4.74 Å². The van der Waals surface area contributed by atoms with Crippen molar-refractivity contribution in [2.24, 2.45) is 4.99 Å². The fraction of sp³-hybridized carbons (Fsp3) is 0.167. The van der Waals surface area contributed by atoms with Crippen LogP contribution >= 0.6 is 0 Å². The highest BCUT2D eigenvalue weighted by Crippen LogP contribution is 1.80. The first kappa shape index (κ1) is 6.95. The topological polar surface area (TPSA) is 21.6 Å². The Kier molecular flexibility index (Phi) is 3.58. The monoisotopic (exact) mass is 111 g/mol. The van der Waals surface area contributed by atoms with Gasteiger partial charge in [-0.15, -0.1) is 0 Å². The van der Waals surface area contributed by atoms with Crippen LogP contribution in [0.15, 0.2) is 30.4 Å². The molecule has 0 bridgehead atoms. The lowest BCUT2D eigenvalue weighted by Gasteiger charge is -1.92. The molecule has 0 aliphatic heterocycles. The number of hydrogen-bond acceptors (Lipinski definition) is 2. The van der Waals surface area contributed by atoms with Gasteiger partial charge in [0.2, 0.25) is 5.90 Å². The van der Waals surface area contributed by atoms with Gasteiger partial charge in [0.1, 0.15) is 0 Å². The van der Waals surface area contributed by atoms with Gasteiger partial charge in [-0.2, -0.15) is 0 Å². The number of methoxy groups -OCH3 is 1. The van der Waals surface area contributed by atoms with Crippen molar-refractivity contribution >= 4 is 5.90 Å². The molecule has 0 amide bonds. The van der Waals surface area contributed by atoms with Gasteiger partial charge in [0.25, 0.3) is 0 Å². The van der Waals surface area contributed by atoms with Gasteiger partial charge in [0, 0.05) is 6.20 Å². The Morgan fingerprint density at radius 2 is 2.25 bits per heavy atom. The second-order valence-electron chi connectivity index (χ2n) is 1.06. The van der Waals surface area contributed by atoms with Crippen molar-refractivity contribution in [1.82, 2.24) is 0 Å². The van der Waals surface area contributed by atoms with Crippen molar-refractivity contribution in [2.45, 2.75) is 0 Å². The third-order valence-corrected chi connectivity index (χ3v) is 0.602. The summed E-state index contributed by atoms with van der Waals surface area (Å²) in [4.78, 5) is 3.70. The highest BCUT2D eigenvalue weighted by atomic mass is 16.5. The summed E-state index contributed by atoms with van der Waals surface area (Å²) in [5, 5.41) is 0. The van der Waals surface area contributed by atoms with E-state index in [0.717, 1.165) is 0 Å². The molecule has 0 fully saturated rings. The summed E-state index contributed by atoms with van der Waals surface area (Å²) < 4.78 is 4.70. The quantitative estimate of drug-likeness (QED) is 0.389. The Labute approximate surface area is 49.2 Å². The standard InChI is InChI=1S/C6H9NO/c1-4-6(8-3)7-5-2/h4-5H,1-2H2,3H3. The fourth-order valence-corrected chi connectivity index (χ4v) is 0.279. The molecule has 44 valence electrons. The SMILES string of the molecule is C=CN=C(C=C)OC. The van der Waals surface area contributed by atoms with E-state index in [1.165, 1.54) is 19.4 Å². The molecule has 0 atom stereocenters. The molecule has 0 spiro atoms. The first-order chi connectivity index (χ1) is 3.85. The van der Waals surface area contributed by atoms with E-state index in [1.807, 2.05) is 0 Å². The summed E-state index contributed by atoms with van der Waals surface area (Å²) in [5.41, 5.74) is 0. The van der Waals surface area contributed by atoms with E-state index in [1.54, 1.807) is 0 Å². The zero-order valence-electron chi connectivity index (χ0n) is 4.92. The maximum atomic E-state index is 4.70. The number of aliphatic imine (C=N–C) groups is 1. The first-order valence-electron chi connectivity index (χ1n) is 2.20. The van der Waals surface area contributed by atoms with Crippen molar-refractivity contribution in [3.63, 3.8) is 0 Å². The summed E-state index contributed by atoms with van der Waals surface area (Å²) in [7, 11) is 1.53. The maximum absolute atomic E-state index is 4.70. The minimum atomic E-state index is 0.486. The van der Waals surface area contributed by atoms with Gasteiger partial charge in [-0.1, -0.05) is 13.2 Å². The van der Waals surface area contributed by atoms with Gasteiger partial charge in [-0.05, 0) is 6.08 Å². The van der Waals surface area contributed by atoms with Crippen LogP contribution in [0.2, 0.25) is 0 Å². The maximum Gasteiger partial charge on any atom is 0.212 e. The largest absolute Gasteiger partial charge is 0.481 e. The molecule has 0 saturated heterocycles. The summed E-state index contributed by atoms with van der Waals surface area (Å²) >= 11 is 0. The summed E-state index contributed by atoms with van der Waals surface area (Å²) in [6.45, 7) is 6.83. The molecule has 8 heavy (non-hydrogen) atoms. The van der Waals surface area contributed by atoms with Crippen molar-refractivity contribution in [2.75, 3.05) is 7.11 Å². The summed E-state index contributed by atoms with van der Waals surface area (Å²) in [6, 6.07) is 0. The normalized spacial score (nSPS) is 10.4. The highest BCUT2D eigenvalue weighted by Gasteiger charge is 1.81. The van der Waals surface area contributed by atoms with Gasteiger partial charge >= 0.3 is 0 Å². The predicted molar refractivity (Wildman–Crippen MR) is 34.8 cm³/mol. The Morgan fingerprint density at radius 3 is 2.38 bits per heavy atom. The second kappa shape index (κ2) is 4.12. The minimum absolute atomic E-state index is 0.486. The molecule has 2 nitrogen and oxygen atoms in total. The molecule has 0 unspecified atom stereocenters. The van der Waals surface area contributed by atoms with Crippen LogP contribution < -0.4 is 0 Å². The second-order valence-corrected chi connectivity index (χ2v) is 1.06. The number of hydrogen-bond donors (Lipinski definition) is 0. The van der Waals surface area contributed by atoms with Gasteiger partial charge in [0.05, 0.1) is 7.11 Å². The summed E-state index contributed by atoms with van der Waals surface area (Å²) in [5.74, 6) is 0.486. The fourth-order valence-electron chi connectivity index (χ4n) is 0.279. The lowest BCUT2D eigenvalue weighted by molar-refractivity contribution is 0.407. The Bertz CT molecular complexity index is 116. The molecule has 0 radical (unpaired) electrons. The van der Waals surface area contributed by atoms with Gasteiger partial charge in [-0.25, -0.2) is 4.99 Å². The van der Waals surface area contributed by atoms with Gasteiger partial charge in [-0.3, -0.25) is 0 Å². The van der Waals surface area contributed by atoms with E-state index in [4.69, 9.17) is 4.74 Å². The van der Waals surface area contributed by atoms with E-state index in [0.29, 0.717) is 5.90 Å². The zero-order valence-corrected chi connectivity index (χ0v) is 4.92. The molecule has 0 heterocycles. The molecule has 2 heteroatoms. The number of nitrogens with zero attached hydrogens (tertiary/aromatic N) is 1. The first-order valence-corrected chi connectivity index (χ1v) is 2.20. The van der Waals surface area contributed by atoms with E-state index in [2.05, 4.69) is 18.2 Å². The van der Waals surface area contributed by atoms with Crippen LogP contribution in [-0.4, -0.2) is 13.0 Å². The molecule has 0 N–H and O–H groups in total. The Morgan fingerprint density at radius 1 is 1.62 bits per heavy atom. The van der Waals surface area contributed by atoms with Crippen LogP contribution in [0.25, 0.3) is 0 Å². The molecule has 0 aromatic rings. The molecule has 0 aliphatic rings. The van der Waals surface area contributed by atoms with Crippen LogP contribution in [0.5, 0.6) is 0 Å². The van der Waals surface area contributed by atoms with Crippen LogP contribution in [-0.2, 0) is 4.74 Å². The Balaban J connectivity index is 3.84. The van der Waals surface area contributed by atoms with Crippen molar-refractivity contribution in [3.8, 4) is 0 Å². The molecule has 0 aromatic carbocycles. The number of ether oxygens (including phenoxy) is 1. The smallest absolute Gasteiger partial charge is 0.212 e. The minimum Gasteiger partial charge on any atom is -0.481 e. The van der Waals surface area contributed by atoms with Crippen LogP contribution in [0.3, 0.4) is 0 Å². The zero-order chi connectivity index (χ0) is 6.41. The van der Waals surface area contributed by atoms with Crippen molar-refractivity contribution in [3.05, 3.63) is 25.4 Å². The molecular weight excluding hydrogens is 102 g/mol. The number of rotatable bonds is 2. The lowest BCUT2D eigenvalue weighted by Crippen LogP contribution is -1.92. The van der Waals surface area contributed by atoms with E-state index in [-0.39, 0.29) is 0 Å². The highest BCUT2D eigenvalue weighted by molar-refractivity contribution is 5.87. The van der Waals surface area contributed by atoms with E-state index in [9.17, 15) is 0 Å². The molecule has 0 rings (SSSR count). The molecular formula is C6H9NO. The average Bonchev–Trinajstić information content (AvgIpc) is 1.83. The third-order valence-electron chi connectivity index (χ3n) is 0.602. The van der Waals surface area contributed by atoms with Crippen LogP contribution in [0.4, 0.5) is 0 Å². The summed E-state index contributed by atoms with van der Waals surface area (Å²) in [6.07, 6.45) is 2.92. The lowest BCUT2D eigenvalue weighted by atomic mass is 10.6. The van der Waals surface area contributed by atoms with Crippen LogP contribution in [0.1, 0.15) is 0 Å². The van der Waals surface area contributed by atoms with Gasteiger partial charge in [0.15, 0.2) is 0 Å². The molecule has 0 aromatic heterocycles. The average molecular weight is 111 g/mol. The molecule has 0 saturated carbocycles. The predicted octanol–water partition coefficient (Wildman–Crippen LogP) is 1.36. The van der Waals surface area contributed by atoms with Crippen molar-refractivity contribution < 1.29 is 4.74 Å². The van der Waals surface area contributed by atoms with Crippen LogP contribution in [0, 0.1) is 0 Å².